The Morgan fingerprint density at radius 1 is 1.47 bits per heavy atom. The maximum absolute atomic E-state index is 11.5. The van der Waals surface area contributed by atoms with Gasteiger partial charge >= 0.3 is 12.0 Å². The fraction of sp³-hybridized carbons (Fsp3) is 0.636. The summed E-state index contributed by atoms with van der Waals surface area (Å²) in [5.41, 5.74) is -0.473. The van der Waals surface area contributed by atoms with Gasteiger partial charge in [0.15, 0.2) is 0 Å². The lowest BCUT2D eigenvalue weighted by atomic mass is 10.1. The van der Waals surface area contributed by atoms with Gasteiger partial charge in [-0.25, -0.2) is 9.89 Å². The van der Waals surface area contributed by atoms with Crippen molar-refractivity contribution in [3.05, 3.63) is 6.33 Å². The Bertz CT molecular complexity index is 416. The number of H-pyrrole nitrogens is 1. The van der Waals surface area contributed by atoms with E-state index in [0.717, 1.165) is 6.42 Å². The van der Waals surface area contributed by atoms with E-state index in [1.54, 1.807) is 0 Å². The van der Waals surface area contributed by atoms with Crippen LogP contribution in [-0.4, -0.2) is 39.3 Å². The molecule has 1 heterocycles. The van der Waals surface area contributed by atoms with Gasteiger partial charge in [-0.3, -0.25) is 10.1 Å². The Kier molecular flexibility index (Phi) is 5.28. The van der Waals surface area contributed by atoms with Crippen molar-refractivity contribution in [1.29, 1.82) is 0 Å². The molecule has 0 saturated heterocycles. The lowest BCUT2D eigenvalue weighted by molar-refractivity contribution is -0.156. The fourth-order valence-electron chi connectivity index (χ4n) is 1.13. The normalized spacial score (nSPS) is 10.9. The van der Waals surface area contributed by atoms with E-state index in [2.05, 4.69) is 25.8 Å². The summed E-state index contributed by atoms with van der Waals surface area (Å²) >= 11 is 0. The molecular weight excluding hydrogens is 250 g/mol. The highest BCUT2D eigenvalue weighted by molar-refractivity contribution is 5.87. The molecule has 0 aliphatic carbocycles. The Hall–Kier alpha value is -2.12. The zero-order chi connectivity index (χ0) is 14.3. The van der Waals surface area contributed by atoms with Gasteiger partial charge in [-0.1, -0.05) is 6.92 Å². The number of esters is 1. The minimum absolute atomic E-state index is 0.118. The molecule has 0 spiro atoms. The molecule has 0 radical (unpaired) electrons. The standard InChI is InChI=1S/C11H19N5O3/c1-4-11(2,3)19-8(17)5-6-12-10(18)15-9-13-7-14-16-9/h7H,4-6H2,1-3H3,(H3,12,13,14,15,16,18). The van der Waals surface area contributed by atoms with Gasteiger partial charge in [0.1, 0.15) is 11.9 Å². The number of rotatable bonds is 6. The van der Waals surface area contributed by atoms with Crippen LogP contribution in [0.3, 0.4) is 0 Å². The van der Waals surface area contributed by atoms with Gasteiger partial charge in [0.25, 0.3) is 0 Å². The van der Waals surface area contributed by atoms with E-state index in [1.807, 2.05) is 20.8 Å². The number of carbonyl (C=O) groups is 2. The highest BCUT2D eigenvalue weighted by Crippen LogP contribution is 2.14. The zero-order valence-corrected chi connectivity index (χ0v) is 11.3. The largest absolute Gasteiger partial charge is 0.460 e. The third kappa shape index (κ3) is 5.84. The second-order valence-corrected chi connectivity index (χ2v) is 4.55. The number of hydrogen-bond acceptors (Lipinski definition) is 5. The molecule has 2 amide bonds. The number of aromatic nitrogens is 3. The van der Waals surface area contributed by atoms with Gasteiger partial charge in [0, 0.05) is 6.54 Å². The van der Waals surface area contributed by atoms with E-state index in [4.69, 9.17) is 4.74 Å². The molecule has 1 rings (SSSR count). The molecule has 0 aromatic carbocycles. The molecule has 1 aromatic rings. The van der Waals surface area contributed by atoms with Crippen molar-refractivity contribution in [2.24, 2.45) is 0 Å². The molecule has 0 bridgehead atoms. The number of carbonyl (C=O) groups excluding carboxylic acids is 2. The van der Waals surface area contributed by atoms with Crippen molar-refractivity contribution < 1.29 is 14.3 Å². The van der Waals surface area contributed by atoms with Crippen molar-refractivity contribution in [2.45, 2.75) is 39.2 Å². The maximum atomic E-state index is 11.5. The van der Waals surface area contributed by atoms with E-state index < -0.39 is 11.6 Å². The Morgan fingerprint density at radius 2 is 2.21 bits per heavy atom. The first-order valence-electron chi connectivity index (χ1n) is 6.05. The van der Waals surface area contributed by atoms with E-state index >= 15 is 0 Å². The molecule has 8 nitrogen and oxygen atoms in total. The molecule has 0 aliphatic heterocycles. The van der Waals surface area contributed by atoms with Gasteiger partial charge in [-0.15, -0.1) is 0 Å². The topological polar surface area (TPSA) is 109 Å². The fourth-order valence-corrected chi connectivity index (χ4v) is 1.13. The highest BCUT2D eigenvalue weighted by Gasteiger charge is 2.20. The Morgan fingerprint density at radius 3 is 2.79 bits per heavy atom. The molecule has 8 heteroatoms. The summed E-state index contributed by atoms with van der Waals surface area (Å²) in [6.45, 7) is 5.82. The molecule has 3 N–H and O–H groups in total. The minimum Gasteiger partial charge on any atom is -0.460 e. The third-order valence-corrected chi connectivity index (χ3v) is 2.50. The van der Waals surface area contributed by atoms with Crippen LogP contribution in [0.5, 0.6) is 0 Å². The van der Waals surface area contributed by atoms with Crippen LogP contribution in [0.4, 0.5) is 10.7 Å². The minimum atomic E-state index is -0.473. The SMILES string of the molecule is CCC(C)(C)OC(=O)CCNC(=O)Nc1ncn[nH]1. The highest BCUT2D eigenvalue weighted by atomic mass is 16.6. The van der Waals surface area contributed by atoms with Gasteiger partial charge in [-0.2, -0.15) is 10.1 Å². The first-order valence-corrected chi connectivity index (χ1v) is 6.05. The average molecular weight is 269 g/mol. The smallest absolute Gasteiger partial charge is 0.321 e. The molecule has 0 fully saturated rings. The Labute approximate surface area is 111 Å². The molecule has 106 valence electrons. The van der Waals surface area contributed by atoms with Crippen LogP contribution in [0, 0.1) is 0 Å². The van der Waals surface area contributed by atoms with Crippen LogP contribution in [0.1, 0.15) is 33.6 Å². The molecule has 0 unspecified atom stereocenters. The summed E-state index contributed by atoms with van der Waals surface area (Å²) in [4.78, 5) is 26.6. The lowest BCUT2D eigenvalue weighted by Crippen LogP contribution is -2.33. The predicted molar refractivity (Wildman–Crippen MR) is 68.5 cm³/mol. The molecule has 0 aliphatic rings. The van der Waals surface area contributed by atoms with Crippen molar-refractivity contribution in [2.75, 3.05) is 11.9 Å². The van der Waals surface area contributed by atoms with Crippen molar-refractivity contribution in [3.8, 4) is 0 Å². The number of hydrogen-bond donors (Lipinski definition) is 3. The van der Waals surface area contributed by atoms with E-state index in [-0.39, 0.29) is 24.9 Å². The van der Waals surface area contributed by atoms with Gasteiger partial charge in [-0.05, 0) is 20.3 Å². The van der Waals surface area contributed by atoms with Crippen LogP contribution in [0.15, 0.2) is 6.33 Å². The summed E-state index contributed by atoms with van der Waals surface area (Å²) in [6.07, 6.45) is 2.13. The number of urea groups is 1. The molecule has 0 atom stereocenters. The second-order valence-electron chi connectivity index (χ2n) is 4.55. The van der Waals surface area contributed by atoms with Crippen LogP contribution < -0.4 is 10.6 Å². The van der Waals surface area contributed by atoms with Crippen LogP contribution >= 0.6 is 0 Å². The van der Waals surface area contributed by atoms with Crippen LogP contribution in [0.25, 0.3) is 0 Å². The quantitative estimate of drug-likeness (QED) is 0.669. The zero-order valence-electron chi connectivity index (χ0n) is 11.3. The molecule has 1 aromatic heterocycles. The number of ether oxygens (including phenoxy) is 1. The van der Waals surface area contributed by atoms with Gasteiger partial charge in [0.2, 0.25) is 5.95 Å². The summed E-state index contributed by atoms with van der Waals surface area (Å²) in [5.74, 6) is -0.0981. The monoisotopic (exact) mass is 269 g/mol. The lowest BCUT2D eigenvalue weighted by Gasteiger charge is -2.23. The summed E-state index contributed by atoms with van der Waals surface area (Å²) in [5, 5.41) is 11.0. The maximum Gasteiger partial charge on any atom is 0.321 e. The summed E-state index contributed by atoms with van der Waals surface area (Å²) in [7, 11) is 0. The number of aromatic amines is 1. The molecule has 19 heavy (non-hydrogen) atoms. The predicted octanol–water partition coefficient (Wildman–Crippen LogP) is 1.05. The Balaban J connectivity index is 2.19. The van der Waals surface area contributed by atoms with Crippen molar-refractivity contribution in [1.82, 2.24) is 20.5 Å². The number of amides is 2. The first-order chi connectivity index (χ1) is 8.93. The average Bonchev–Trinajstić information content (AvgIpc) is 2.81. The number of nitrogens with one attached hydrogen (secondary N) is 3. The van der Waals surface area contributed by atoms with E-state index in [0.29, 0.717) is 0 Å². The summed E-state index contributed by atoms with van der Waals surface area (Å²) < 4.78 is 5.24. The van der Waals surface area contributed by atoms with Crippen molar-refractivity contribution >= 4 is 17.9 Å². The second kappa shape index (κ2) is 6.72. The van der Waals surface area contributed by atoms with E-state index in [1.165, 1.54) is 6.33 Å². The number of anilines is 1. The molecule has 0 saturated carbocycles. The van der Waals surface area contributed by atoms with Gasteiger partial charge < -0.3 is 10.1 Å². The van der Waals surface area contributed by atoms with Crippen molar-refractivity contribution in [3.63, 3.8) is 0 Å². The number of nitrogens with zero attached hydrogens (tertiary/aromatic N) is 2. The van der Waals surface area contributed by atoms with Crippen LogP contribution in [-0.2, 0) is 9.53 Å². The van der Waals surface area contributed by atoms with Crippen LogP contribution in [0.2, 0.25) is 0 Å². The summed E-state index contributed by atoms with van der Waals surface area (Å²) in [6, 6.07) is -0.459. The van der Waals surface area contributed by atoms with E-state index in [9.17, 15) is 9.59 Å². The third-order valence-electron chi connectivity index (χ3n) is 2.50. The first kappa shape index (κ1) is 14.9. The molecular formula is C11H19N5O3. The van der Waals surface area contributed by atoms with Gasteiger partial charge in [0.05, 0.1) is 6.42 Å².